The Kier molecular flexibility index (Phi) is 94.3. The van der Waals surface area contributed by atoms with Crippen molar-refractivity contribution in [3.8, 4) is 0 Å². The van der Waals surface area contributed by atoms with Crippen LogP contribution >= 0.6 is 0 Å². The number of hydrogen-bond donors (Lipinski definition) is 3. The normalized spacial score (nSPS) is 10.6. The highest BCUT2D eigenvalue weighted by molar-refractivity contribution is 5.91. The molecule has 3 amide bonds. The monoisotopic (exact) mass is 1030 g/mol. The molecule has 0 saturated carbocycles. The minimum absolute atomic E-state index is 0. The first kappa shape index (κ1) is 101. The lowest BCUT2D eigenvalue weighted by atomic mass is 10.1. The summed E-state index contributed by atoms with van der Waals surface area (Å²) < 4.78 is 0. The number of rotatable bonds is 21. The van der Waals surface area contributed by atoms with Crippen molar-refractivity contribution in [2.45, 2.75) is 250 Å². The molecule has 3 N–H and O–H groups in total. The van der Waals surface area contributed by atoms with Gasteiger partial charge < -0.3 is 16.0 Å². The summed E-state index contributed by atoms with van der Waals surface area (Å²) in [7, 11) is 0. The zero-order valence-electron chi connectivity index (χ0n) is 46.7. The van der Waals surface area contributed by atoms with E-state index in [0.29, 0.717) is 60.7 Å². The molecule has 0 atom stereocenters. The first-order chi connectivity index (χ1) is 29.8. The van der Waals surface area contributed by atoms with Crippen molar-refractivity contribution in [2.75, 3.05) is 6.54 Å². The van der Waals surface area contributed by atoms with Crippen LogP contribution in [-0.2, 0) is 24.0 Å². The number of carbonyl (C=O) groups excluding carboxylic acids is 5. The second-order valence-electron chi connectivity index (χ2n) is 20.4. The largest absolute Gasteiger partial charge is 0.354 e. The van der Waals surface area contributed by atoms with E-state index >= 15 is 0 Å². The third-order valence-corrected chi connectivity index (χ3v) is 7.60. The lowest BCUT2D eigenvalue weighted by Crippen LogP contribution is -2.29. The van der Waals surface area contributed by atoms with Crippen LogP contribution in [-0.4, -0.2) is 47.9 Å². The van der Waals surface area contributed by atoms with Crippen molar-refractivity contribution in [1.29, 1.82) is 0 Å². The topological polar surface area (TPSA) is 121 Å². The van der Waals surface area contributed by atoms with E-state index in [1.807, 2.05) is 120 Å². The van der Waals surface area contributed by atoms with E-state index in [4.69, 9.17) is 0 Å². The van der Waals surface area contributed by atoms with Gasteiger partial charge in [-0.2, -0.15) is 0 Å². The zero-order valence-corrected chi connectivity index (χ0v) is 46.7. The SMILES string of the molecule is C.C.C.C.C.C.C.CC(C)/C=C/C(=O)C(C)C.CC(C)/C=C/C(=O)NC(C)C.CC(C)/C=C/CC(=O)C(C)C.CC(C)/C=C/CC(=O)NC(C)C.CC(C)/C=C/CC(C)C.CC(C)/C=C/CNC(=O)C(C)C. The average molecular weight is 1030 g/mol. The predicted molar refractivity (Wildman–Crippen MR) is 334 cm³/mol. The van der Waals surface area contributed by atoms with Crippen molar-refractivity contribution < 1.29 is 24.0 Å². The molecule has 0 saturated heterocycles. The molecule has 0 heterocycles. The number of ketones is 2. The van der Waals surface area contributed by atoms with Crippen LogP contribution in [0.4, 0.5) is 0 Å². The maximum atomic E-state index is 11.1. The lowest BCUT2D eigenvalue weighted by molar-refractivity contribution is -0.124. The fourth-order valence-corrected chi connectivity index (χ4v) is 3.94. The predicted octanol–water partition coefficient (Wildman–Crippen LogP) is 18.7. The molecule has 0 aromatic rings. The highest BCUT2D eigenvalue weighted by Crippen LogP contribution is 2.04. The molecule has 0 radical (unpaired) electrons. The van der Waals surface area contributed by atoms with Crippen LogP contribution in [0.5, 0.6) is 0 Å². The Morgan fingerprint density at radius 1 is 0.375 bits per heavy atom. The second kappa shape index (κ2) is 67.2. The summed E-state index contributed by atoms with van der Waals surface area (Å²) in [6.07, 6.45) is 26.0. The number of Topliss-reactive ketones (excluding diaryl/α,β-unsaturated/α-hetero) is 1. The van der Waals surface area contributed by atoms with Crippen LogP contribution in [0.15, 0.2) is 72.9 Å². The summed E-state index contributed by atoms with van der Waals surface area (Å²) >= 11 is 0. The summed E-state index contributed by atoms with van der Waals surface area (Å²) in [5.41, 5.74) is 0. The van der Waals surface area contributed by atoms with Crippen molar-refractivity contribution in [1.82, 2.24) is 16.0 Å². The number of hydrogen-bond acceptors (Lipinski definition) is 5. The molecule has 0 unspecified atom stereocenters. The van der Waals surface area contributed by atoms with Crippen LogP contribution in [0.3, 0.4) is 0 Å². The van der Waals surface area contributed by atoms with Gasteiger partial charge in [0.15, 0.2) is 5.78 Å². The molecule has 0 aromatic heterocycles. The van der Waals surface area contributed by atoms with Crippen LogP contribution in [0.2, 0.25) is 0 Å². The average Bonchev–Trinajstić information content (AvgIpc) is 3.14. The van der Waals surface area contributed by atoms with Crippen molar-refractivity contribution >= 4 is 29.3 Å². The zero-order chi connectivity index (χ0) is 52.2. The molecule has 0 aromatic carbocycles. The van der Waals surface area contributed by atoms with Gasteiger partial charge in [0, 0.05) is 49.2 Å². The Morgan fingerprint density at radius 2 is 0.722 bits per heavy atom. The van der Waals surface area contributed by atoms with E-state index in [1.165, 1.54) is 6.42 Å². The minimum Gasteiger partial charge on any atom is -0.354 e. The van der Waals surface area contributed by atoms with Crippen LogP contribution < -0.4 is 16.0 Å². The summed E-state index contributed by atoms with van der Waals surface area (Å²) in [4.78, 5) is 55.1. The van der Waals surface area contributed by atoms with Gasteiger partial charge in [-0.05, 0) is 87.7 Å². The molecule has 0 aliphatic heterocycles. The van der Waals surface area contributed by atoms with Gasteiger partial charge in [-0.1, -0.05) is 251 Å². The van der Waals surface area contributed by atoms with E-state index in [2.05, 4.69) is 123 Å². The van der Waals surface area contributed by atoms with E-state index in [9.17, 15) is 24.0 Å². The Hall–Kier alpha value is -3.81. The number of amides is 3. The maximum Gasteiger partial charge on any atom is 0.243 e. The van der Waals surface area contributed by atoms with E-state index in [1.54, 1.807) is 12.2 Å². The molecule has 0 aliphatic carbocycles. The Labute approximate surface area is 455 Å². The smallest absolute Gasteiger partial charge is 0.243 e. The van der Waals surface area contributed by atoms with Crippen molar-refractivity contribution in [2.24, 2.45) is 59.2 Å². The quantitative estimate of drug-likeness (QED) is 0.0781. The van der Waals surface area contributed by atoms with Gasteiger partial charge in [-0.25, -0.2) is 0 Å². The standard InChI is InChI=1S/2C10H19NO.C10H18O.C9H17NO.C9H16O.C9H18.7CH4/c1-8(2)6-5-7-11-10(12)9(3)4;1-8(2)6-5-7-10(12)11-9(3)4;1-8(2)6-5-7-10(11)9(3)4;1-7(2)5-6-9(11)10-8(3)4;1-7(2)5-6-9(10)8(3)4;1-8(2)6-5-7-9(3)4;;;;;;;/h2*5-6,8-9H,7H2,1-4H3,(H,11,12);5-6,8-9H,7H2,1-4H3;5-8H,1-4H3,(H,10,11);5-8H,1-4H3;5-6,8-9H,7H2,1-4H3;7*1H4/b6*6-5+;;;;;;;. The third kappa shape index (κ3) is 107. The molecule has 436 valence electrons. The molecule has 0 rings (SSSR count). The number of allylic oxidation sites excluding steroid dienone is 9. The molecule has 8 nitrogen and oxygen atoms in total. The highest BCUT2D eigenvalue weighted by atomic mass is 16.2. The van der Waals surface area contributed by atoms with Gasteiger partial charge in [0.2, 0.25) is 17.7 Å². The van der Waals surface area contributed by atoms with E-state index in [-0.39, 0.29) is 105 Å². The molecule has 0 spiro atoms. The van der Waals surface area contributed by atoms with Crippen LogP contribution in [0.1, 0.15) is 237 Å². The van der Waals surface area contributed by atoms with Crippen molar-refractivity contribution in [3.05, 3.63) is 72.9 Å². The summed E-state index contributed by atoms with van der Waals surface area (Å²) in [6, 6.07) is 0.462. The third-order valence-electron chi connectivity index (χ3n) is 7.60. The Bertz CT molecular complexity index is 1350. The highest BCUT2D eigenvalue weighted by Gasteiger charge is 2.05. The minimum atomic E-state index is -0.00583. The molecule has 0 bridgehead atoms. The van der Waals surface area contributed by atoms with Crippen LogP contribution in [0, 0.1) is 59.2 Å². The summed E-state index contributed by atoms with van der Waals surface area (Å²) in [6.45, 7) is 49.7. The van der Waals surface area contributed by atoms with Gasteiger partial charge in [0.1, 0.15) is 5.78 Å². The fourth-order valence-electron chi connectivity index (χ4n) is 3.94. The van der Waals surface area contributed by atoms with E-state index < -0.39 is 0 Å². The van der Waals surface area contributed by atoms with Gasteiger partial charge in [-0.3, -0.25) is 24.0 Å². The second-order valence-corrected chi connectivity index (χ2v) is 20.4. The maximum absolute atomic E-state index is 11.1. The van der Waals surface area contributed by atoms with Crippen molar-refractivity contribution in [3.63, 3.8) is 0 Å². The van der Waals surface area contributed by atoms with Gasteiger partial charge in [0.05, 0.1) is 0 Å². The van der Waals surface area contributed by atoms with Gasteiger partial charge in [0.25, 0.3) is 0 Å². The van der Waals surface area contributed by atoms with Gasteiger partial charge >= 0.3 is 0 Å². The molecule has 0 fully saturated rings. The molecular formula is C64H135N3O5. The van der Waals surface area contributed by atoms with Gasteiger partial charge in [-0.15, -0.1) is 0 Å². The number of carbonyl (C=O) groups is 5. The fraction of sp³-hybridized carbons (Fsp3) is 0.734. The van der Waals surface area contributed by atoms with E-state index in [0.717, 1.165) is 5.92 Å². The number of nitrogens with one attached hydrogen (secondary N) is 3. The summed E-state index contributed by atoms with van der Waals surface area (Å²) in [5, 5.41) is 8.41. The first-order valence-corrected chi connectivity index (χ1v) is 24.7. The molecule has 0 aliphatic rings. The molecule has 8 heteroatoms. The summed E-state index contributed by atoms with van der Waals surface area (Å²) in [5.74, 6) is 5.20. The molecule has 72 heavy (non-hydrogen) atoms. The van der Waals surface area contributed by atoms with Crippen LogP contribution in [0.25, 0.3) is 0 Å². The first-order valence-electron chi connectivity index (χ1n) is 24.7. The Balaban J connectivity index is -0.0000000518. The Morgan fingerprint density at radius 3 is 1.04 bits per heavy atom. The lowest BCUT2D eigenvalue weighted by Gasteiger charge is -2.05. The molecular weight excluding hydrogens is 891 g/mol.